The number of aromatic nitrogens is 1. The van der Waals surface area contributed by atoms with E-state index in [-0.39, 0.29) is 11.5 Å². The molecule has 1 aromatic heterocycles. The zero-order valence-corrected chi connectivity index (χ0v) is 9.89. The number of rotatable bonds is 3. The van der Waals surface area contributed by atoms with E-state index in [1.54, 1.807) is 30.3 Å². The molecular weight excluding hydrogens is 256 g/mol. The van der Waals surface area contributed by atoms with Crippen LogP contribution in [0.5, 0.6) is 0 Å². The predicted molar refractivity (Wildman–Crippen MR) is 70.0 cm³/mol. The number of nitrogens with two attached hydrogens (primary N) is 1. The van der Waals surface area contributed by atoms with Crippen molar-refractivity contribution < 1.29 is 4.92 Å². The van der Waals surface area contributed by atoms with E-state index in [2.05, 4.69) is 10.3 Å². The average Bonchev–Trinajstić information content (AvgIpc) is 2.34. The third kappa shape index (κ3) is 2.49. The Morgan fingerprint density at radius 2 is 2.11 bits per heavy atom. The molecule has 2 aromatic rings. The molecule has 0 atom stereocenters. The van der Waals surface area contributed by atoms with Gasteiger partial charge in [-0.2, -0.15) is 0 Å². The third-order valence-corrected chi connectivity index (χ3v) is 2.55. The molecule has 0 aliphatic heterocycles. The van der Waals surface area contributed by atoms with Gasteiger partial charge in [-0.05, 0) is 40.2 Å². The number of anilines is 3. The van der Waals surface area contributed by atoms with Crippen molar-refractivity contribution in [3.63, 3.8) is 0 Å². The highest BCUT2D eigenvalue weighted by Gasteiger charge is 2.15. The zero-order chi connectivity index (χ0) is 13.1. The molecule has 0 bridgehead atoms. The van der Waals surface area contributed by atoms with Gasteiger partial charge in [0.1, 0.15) is 11.9 Å². The minimum Gasteiger partial charge on any atom is -0.399 e. The van der Waals surface area contributed by atoms with Crippen LogP contribution in [0.25, 0.3) is 0 Å². The number of nitro groups is 1. The number of halogens is 1. The molecule has 1 heterocycles. The summed E-state index contributed by atoms with van der Waals surface area (Å²) >= 11 is 5.97. The second kappa shape index (κ2) is 4.89. The van der Waals surface area contributed by atoms with E-state index >= 15 is 0 Å². The van der Waals surface area contributed by atoms with Gasteiger partial charge in [-0.15, -0.1) is 0 Å². The van der Waals surface area contributed by atoms with Gasteiger partial charge < -0.3 is 21.2 Å². The molecule has 6 nitrogen and oxygen atoms in total. The summed E-state index contributed by atoms with van der Waals surface area (Å²) < 4.78 is 0. The lowest BCUT2D eigenvalue weighted by Crippen LogP contribution is -1.99. The van der Waals surface area contributed by atoms with E-state index in [1.165, 1.54) is 6.20 Å². The van der Waals surface area contributed by atoms with Gasteiger partial charge in [0.2, 0.25) is 0 Å². The number of hydrogen-bond donors (Lipinski definition) is 2. The van der Waals surface area contributed by atoms with Crippen molar-refractivity contribution >= 4 is 34.5 Å². The second-order valence-electron chi connectivity index (χ2n) is 3.50. The minimum atomic E-state index is -0.567. The van der Waals surface area contributed by atoms with Crippen molar-refractivity contribution in [2.24, 2.45) is 0 Å². The molecule has 2 rings (SSSR count). The van der Waals surface area contributed by atoms with E-state index in [9.17, 15) is 10.1 Å². The molecule has 0 saturated heterocycles. The van der Waals surface area contributed by atoms with E-state index in [1.807, 2.05) is 0 Å². The van der Waals surface area contributed by atoms with Crippen molar-refractivity contribution in [3.05, 3.63) is 51.7 Å². The first-order valence-electron chi connectivity index (χ1n) is 4.99. The van der Waals surface area contributed by atoms with Crippen LogP contribution < -0.4 is 11.1 Å². The highest BCUT2D eigenvalue weighted by atomic mass is 35.5. The van der Waals surface area contributed by atoms with Gasteiger partial charge in [-0.3, -0.25) is 0 Å². The van der Waals surface area contributed by atoms with Gasteiger partial charge >= 0.3 is 5.82 Å². The molecule has 0 spiro atoms. The smallest absolute Gasteiger partial charge is 0.387 e. The Bertz CT molecular complexity index is 603. The maximum Gasteiger partial charge on any atom is 0.387 e. The van der Waals surface area contributed by atoms with Crippen molar-refractivity contribution in [1.82, 2.24) is 4.98 Å². The molecule has 0 aliphatic rings. The standard InChI is InChI=1S/C11H9ClN4O2/c12-8-4-3-7(13)6-10(8)15-9-2-1-5-14-11(9)16(17)18/h1-6,15H,13H2. The quantitative estimate of drug-likeness (QED) is 0.505. The lowest BCUT2D eigenvalue weighted by molar-refractivity contribution is -0.388. The van der Waals surface area contributed by atoms with Gasteiger partial charge in [0.25, 0.3) is 0 Å². The SMILES string of the molecule is Nc1ccc(Cl)c(Nc2cccnc2[N+](=O)[O-])c1. The molecular formula is C11H9ClN4O2. The van der Waals surface area contributed by atoms with Gasteiger partial charge in [-0.25, -0.2) is 0 Å². The molecule has 0 fully saturated rings. The number of benzene rings is 1. The Balaban J connectivity index is 2.40. The zero-order valence-electron chi connectivity index (χ0n) is 9.13. The van der Waals surface area contributed by atoms with Crippen molar-refractivity contribution in [1.29, 1.82) is 0 Å². The summed E-state index contributed by atoms with van der Waals surface area (Å²) in [6.45, 7) is 0. The summed E-state index contributed by atoms with van der Waals surface area (Å²) in [6.07, 6.45) is 1.35. The van der Waals surface area contributed by atoms with E-state index in [0.717, 1.165) is 0 Å². The van der Waals surface area contributed by atoms with Crippen LogP contribution in [-0.2, 0) is 0 Å². The fourth-order valence-electron chi connectivity index (χ4n) is 1.42. The van der Waals surface area contributed by atoms with Crippen LogP contribution in [-0.4, -0.2) is 9.91 Å². The lowest BCUT2D eigenvalue weighted by Gasteiger charge is -2.08. The third-order valence-electron chi connectivity index (χ3n) is 2.22. The van der Waals surface area contributed by atoms with E-state index in [4.69, 9.17) is 17.3 Å². The van der Waals surface area contributed by atoms with Gasteiger partial charge in [0, 0.05) is 5.69 Å². The molecule has 92 valence electrons. The summed E-state index contributed by atoms with van der Waals surface area (Å²) in [4.78, 5) is 13.9. The topological polar surface area (TPSA) is 94.1 Å². The first-order valence-corrected chi connectivity index (χ1v) is 5.37. The van der Waals surface area contributed by atoms with Crippen LogP contribution in [0.15, 0.2) is 36.5 Å². The molecule has 1 aromatic carbocycles. The molecule has 0 radical (unpaired) electrons. The molecule has 3 N–H and O–H groups in total. The molecule has 0 amide bonds. The van der Waals surface area contributed by atoms with Crippen LogP contribution in [0.4, 0.5) is 22.9 Å². The fraction of sp³-hybridized carbons (Fsp3) is 0. The highest BCUT2D eigenvalue weighted by molar-refractivity contribution is 6.33. The van der Waals surface area contributed by atoms with Crippen LogP contribution in [0.2, 0.25) is 5.02 Å². The summed E-state index contributed by atoms with van der Waals surface area (Å²) in [5.74, 6) is -0.268. The number of nitrogens with zero attached hydrogens (tertiary/aromatic N) is 2. The Labute approximate surface area is 108 Å². The first-order chi connectivity index (χ1) is 8.58. The minimum absolute atomic E-state index is 0.259. The Morgan fingerprint density at radius 3 is 2.83 bits per heavy atom. The van der Waals surface area contributed by atoms with Crippen LogP contribution in [0, 0.1) is 10.1 Å². The molecule has 0 saturated carbocycles. The van der Waals surface area contributed by atoms with Crippen molar-refractivity contribution in [2.45, 2.75) is 0 Å². The average molecular weight is 265 g/mol. The summed E-state index contributed by atoms with van der Waals surface area (Å²) in [5, 5.41) is 14.1. The molecule has 0 aliphatic carbocycles. The normalized spacial score (nSPS) is 10.1. The Kier molecular flexibility index (Phi) is 3.29. The van der Waals surface area contributed by atoms with Crippen molar-refractivity contribution in [3.8, 4) is 0 Å². The monoisotopic (exact) mass is 264 g/mol. The lowest BCUT2D eigenvalue weighted by atomic mass is 10.2. The van der Waals surface area contributed by atoms with Gasteiger partial charge in [0.05, 0.1) is 10.7 Å². The highest BCUT2D eigenvalue weighted by Crippen LogP contribution is 2.30. The van der Waals surface area contributed by atoms with Gasteiger partial charge in [-0.1, -0.05) is 11.6 Å². The van der Waals surface area contributed by atoms with Crippen molar-refractivity contribution in [2.75, 3.05) is 11.1 Å². The molecule has 7 heteroatoms. The van der Waals surface area contributed by atoms with Crippen LogP contribution in [0.3, 0.4) is 0 Å². The first kappa shape index (κ1) is 12.1. The second-order valence-corrected chi connectivity index (χ2v) is 3.90. The van der Waals surface area contributed by atoms with E-state index < -0.39 is 4.92 Å². The largest absolute Gasteiger partial charge is 0.399 e. The number of pyridine rings is 1. The van der Waals surface area contributed by atoms with Crippen LogP contribution in [0.1, 0.15) is 0 Å². The number of nitrogen functional groups attached to an aromatic ring is 1. The molecule has 0 unspecified atom stereocenters. The summed E-state index contributed by atoms with van der Waals surface area (Å²) in [7, 11) is 0. The number of hydrogen-bond acceptors (Lipinski definition) is 5. The summed E-state index contributed by atoms with van der Waals surface area (Å²) in [5.41, 5.74) is 6.89. The summed E-state index contributed by atoms with van der Waals surface area (Å²) in [6, 6.07) is 7.99. The fourth-order valence-corrected chi connectivity index (χ4v) is 1.59. The molecule has 18 heavy (non-hydrogen) atoms. The van der Waals surface area contributed by atoms with E-state index in [0.29, 0.717) is 16.4 Å². The Hall–Kier alpha value is -2.34. The maximum atomic E-state index is 10.8. The number of nitrogens with one attached hydrogen (secondary N) is 1. The predicted octanol–water partition coefficient (Wildman–Crippen LogP) is 2.97. The maximum absolute atomic E-state index is 10.8. The van der Waals surface area contributed by atoms with Gasteiger partial charge in [0.15, 0.2) is 0 Å². The van der Waals surface area contributed by atoms with Crippen LogP contribution >= 0.6 is 11.6 Å². The Morgan fingerprint density at radius 1 is 1.33 bits per heavy atom.